The van der Waals surface area contributed by atoms with E-state index in [9.17, 15) is 0 Å². The SMILES string of the molecule is COC.COC1=C(C)CC#CC(NC2CCCN(CCc3ccccc3)CC2)=C1. The van der Waals surface area contributed by atoms with Gasteiger partial charge < -0.3 is 19.7 Å². The van der Waals surface area contributed by atoms with Gasteiger partial charge in [0.15, 0.2) is 0 Å². The Morgan fingerprint density at radius 3 is 2.59 bits per heavy atom. The number of hydrogen-bond acceptors (Lipinski definition) is 4. The second kappa shape index (κ2) is 13.1. The van der Waals surface area contributed by atoms with Crippen LogP contribution in [0.15, 0.2) is 53.4 Å². The minimum absolute atomic E-state index is 0.494. The Hall–Kier alpha value is -2.22. The van der Waals surface area contributed by atoms with Crippen LogP contribution in [0.3, 0.4) is 0 Å². The first-order valence-corrected chi connectivity index (χ1v) is 10.5. The minimum Gasteiger partial charge on any atom is -0.497 e. The molecule has 0 amide bonds. The van der Waals surface area contributed by atoms with Crippen LogP contribution < -0.4 is 5.32 Å². The molecular weight excluding hydrogens is 360 g/mol. The van der Waals surface area contributed by atoms with Gasteiger partial charge in [0, 0.05) is 45.8 Å². The first-order valence-electron chi connectivity index (χ1n) is 10.5. The lowest BCUT2D eigenvalue weighted by molar-refractivity contribution is 0.277. The topological polar surface area (TPSA) is 33.7 Å². The van der Waals surface area contributed by atoms with Gasteiger partial charge in [-0.2, -0.15) is 0 Å². The lowest BCUT2D eigenvalue weighted by atomic mass is 10.1. The fourth-order valence-corrected chi connectivity index (χ4v) is 3.64. The Morgan fingerprint density at radius 2 is 1.86 bits per heavy atom. The van der Waals surface area contributed by atoms with Gasteiger partial charge in [-0.15, -0.1) is 0 Å². The molecule has 1 aliphatic heterocycles. The van der Waals surface area contributed by atoms with E-state index in [1.807, 2.05) is 0 Å². The van der Waals surface area contributed by atoms with Gasteiger partial charge in [-0.05, 0) is 56.2 Å². The minimum atomic E-state index is 0.494. The quantitative estimate of drug-likeness (QED) is 0.733. The third-order valence-electron chi connectivity index (χ3n) is 5.23. The molecule has 1 aliphatic carbocycles. The van der Waals surface area contributed by atoms with E-state index in [-0.39, 0.29) is 0 Å². The van der Waals surface area contributed by atoms with Crippen molar-refractivity contribution < 1.29 is 9.47 Å². The Morgan fingerprint density at radius 1 is 1.10 bits per heavy atom. The van der Waals surface area contributed by atoms with Gasteiger partial charge in [-0.25, -0.2) is 0 Å². The van der Waals surface area contributed by atoms with Gasteiger partial charge >= 0.3 is 0 Å². The summed E-state index contributed by atoms with van der Waals surface area (Å²) in [6.07, 6.45) is 7.58. The number of benzene rings is 1. The molecule has 29 heavy (non-hydrogen) atoms. The molecule has 0 saturated carbocycles. The third kappa shape index (κ3) is 8.35. The zero-order valence-corrected chi connectivity index (χ0v) is 18.5. The average Bonchev–Trinajstić information content (AvgIpc) is 3.06. The van der Waals surface area contributed by atoms with Gasteiger partial charge in [-0.3, -0.25) is 0 Å². The van der Waals surface area contributed by atoms with Crippen molar-refractivity contribution in [3.8, 4) is 11.8 Å². The highest BCUT2D eigenvalue weighted by Gasteiger charge is 2.17. The van der Waals surface area contributed by atoms with Crippen LogP contribution in [-0.4, -0.2) is 51.9 Å². The number of likely N-dealkylation sites (tertiary alicyclic amines) is 1. The van der Waals surface area contributed by atoms with Crippen molar-refractivity contribution in [3.63, 3.8) is 0 Å². The second-order valence-electron chi connectivity index (χ2n) is 7.64. The van der Waals surface area contributed by atoms with E-state index in [0.29, 0.717) is 6.04 Å². The standard InChI is InChI=1S/C23H30N2O.C2H6O/c1-19-8-6-11-22(18-23(19)26-2)24-21-12-7-15-25(17-14-21)16-13-20-9-4-3-5-10-20;1-3-2/h3-5,9-10,18,21,24H,7-8,12-17H2,1-2H3;1-2H3. The van der Waals surface area contributed by atoms with E-state index in [0.717, 1.165) is 37.4 Å². The third-order valence-corrected chi connectivity index (χ3v) is 5.23. The first kappa shape index (κ1) is 23.1. The Bertz CT molecular complexity index is 728. The average molecular weight is 397 g/mol. The molecule has 1 atom stereocenters. The van der Waals surface area contributed by atoms with E-state index in [1.165, 1.54) is 36.9 Å². The van der Waals surface area contributed by atoms with Gasteiger partial charge in [0.1, 0.15) is 5.76 Å². The molecule has 2 aliphatic rings. The van der Waals surface area contributed by atoms with E-state index in [4.69, 9.17) is 4.74 Å². The molecule has 0 spiro atoms. The van der Waals surface area contributed by atoms with E-state index in [1.54, 1.807) is 21.3 Å². The van der Waals surface area contributed by atoms with Crippen molar-refractivity contribution >= 4 is 0 Å². The number of nitrogens with one attached hydrogen (secondary N) is 1. The molecule has 0 aromatic heterocycles. The molecular formula is C25H36N2O2. The van der Waals surface area contributed by atoms with Crippen LogP contribution in [0, 0.1) is 11.8 Å². The van der Waals surface area contributed by atoms with Gasteiger partial charge in [0.25, 0.3) is 0 Å². The summed E-state index contributed by atoms with van der Waals surface area (Å²) in [5.41, 5.74) is 3.63. The maximum absolute atomic E-state index is 5.49. The maximum atomic E-state index is 5.49. The highest BCUT2D eigenvalue weighted by Crippen LogP contribution is 2.17. The smallest absolute Gasteiger partial charge is 0.121 e. The summed E-state index contributed by atoms with van der Waals surface area (Å²) in [6, 6.07) is 11.3. The number of allylic oxidation sites excluding steroid dienone is 3. The van der Waals surface area contributed by atoms with Gasteiger partial charge in [-0.1, -0.05) is 36.3 Å². The molecule has 4 nitrogen and oxygen atoms in total. The molecule has 1 aromatic rings. The highest BCUT2D eigenvalue weighted by atomic mass is 16.5. The number of ether oxygens (including phenoxy) is 2. The molecule has 0 bridgehead atoms. The molecule has 1 aromatic carbocycles. The fraction of sp³-hybridized carbons (Fsp3) is 0.520. The number of hydrogen-bond donors (Lipinski definition) is 1. The molecule has 1 unspecified atom stereocenters. The normalized spacial score (nSPS) is 19.6. The predicted octanol–water partition coefficient (Wildman–Crippen LogP) is 4.15. The Balaban J connectivity index is 0.000000941. The van der Waals surface area contributed by atoms with Crippen molar-refractivity contribution in [2.45, 2.75) is 45.1 Å². The number of rotatable bonds is 6. The maximum Gasteiger partial charge on any atom is 0.121 e. The second-order valence-corrected chi connectivity index (χ2v) is 7.64. The van der Waals surface area contributed by atoms with E-state index in [2.05, 4.69) is 70.1 Å². The van der Waals surface area contributed by atoms with Crippen molar-refractivity contribution in [1.29, 1.82) is 0 Å². The number of nitrogens with zero attached hydrogens (tertiary/aromatic N) is 1. The molecule has 0 radical (unpaired) electrons. The lowest BCUT2D eigenvalue weighted by Crippen LogP contribution is -2.31. The van der Waals surface area contributed by atoms with Crippen LogP contribution in [0.5, 0.6) is 0 Å². The fourth-order valence-electron chi connectivity index (χ4n) is 3.64. The monoisotopic (exact) mass is 396 g/mol. The lowest BCUT2D eigenvalue weighted by Gasteiger charge is -2.21. The van der Waals surface area contributed by atoms with Crippen LogP contribution in [0.4, 0.5) is 0 Å². The molecule has 1 heterocycles. The van der Waals surface area contributed by atoms with E-state index < -0.39 is 0 Å². The molecule has 1 saturated heterocycles. The largest absolute Gasteiger partial charge is 0.497 e. The van der Waals surface area contributed by atoms with Crippen molar-refractivity contribution in [3.05, 3.63) is 59.0 Å². The van der Waals surface area contributed by atoms with Crippen molar-refractivity contribution in [2.24, 2.45) is 0 Å². The summed E-state index contributed by atoms with van der Waals surface area (Å²) in [5.74, 6) is 7.43. The summed E-state index contributed by atoms with van der Waals surface area (Å²) in [4.78, 5) is 2.60. The molecule has 3 rings (SSSR count). The summed E-state index contributed by atoms with van der Waals surface area (Å²) in [5, 5.41) is 3.66. The van der Waals surface area contributed by atoms with Gasteiger partial charge in [0.05, 0.1) is 12.8 Å². The molecule has 1 fully saturated rings. The van der Waals surface area contributed by atoms with Crippen molar-refractivity contribution in [2.75, 3.05) is 41.0 Å². The molecule has 1 N–H and O–H groups in total. The zero-order chi connectivity index (χ0) is 20.9. The number of methoxy groups -OCH3 is 2. The van der Waals surface area contributed by atoms with Crippen molar-refractivity contribution in [1.82, 2.24) is 10.2 Å². The summed E-state index contributed by atoms with van der Waals surface area (Å²) >= 11 is 0. The summed E-state index contributed by atoms with van der Waals surface area (Å²) in [7, 11) is 4.98. The Kier molecular flexibility index (Phi) is 10.4. The van der Waals surface area contributed by atoms with Crippen LogP contribution in [0.2, 0.25) is 0 Å². The first-order chi connectivity index (χ1) is 14.2. The van der Waals surface area contributed by atoms with Crippen LogP contribution in [0.1, 0.15) is 38.2 Å². The van der Waals surface area contributed by atoms with Gasteiger partial charge in [0.2, 0.25) is 0 Å². The van der Waals surface area contributed by atoms with Crippen LogP contribution in [0.25, 0.3) is 0 Å². The summed E-state index contributed by atoms with van der Waals surface area (Å²) in [6.45, 7) is 5.58. The van der Waals surface area contributed by atoms with Crippen LogP contribution >= 0.6 is 0 Å². The highest BCUT2D eigenvalue weighted by molar-refractivity contribution is 5.39. The molecule has 158 valence electrons. The van der Waals surface area contributed by atoms with Crippen LogP contribution in [-0.2, 0) is 15.9 Å². The van der Waals surface area contributed by atoms with E-state index >= 15 is 0 Å². The zero-order valence-electron chi connectivity index (χ0n) is 18.5. The molecule has 4 heteroatoms. The Labute approximate surface area is 177 Å². The summed E-state index contributed by atoms with van der Waals surface area (Å²) < 4.78 is 9.74. The predicted molar refractivity (Wildman–Crippen MR) is 120 cm³/mol.